The molecular formula is C15H23FN2O3S3. The van der Waals surface area contributed by atoms with Gasteiger partial charge < -0.3 is 4.55 Å². The number of halogens is 1. The first-order chi connectivity index (χ1) is 10.7. The van der Waals surface area contributed by atoms with Crippen LogP contribution < -0.4 is 4.72 Å². The lowest BCUT2D eigenvalue weighted by atomic mass is 10.0. The molecule has 0 aliphatic carbocycles. The van der Waals surface area contributed by atoms with E-state index in [4.69, 9.17) is 5.26 Å². The van der Waals surface area contributed by atoms with E-state index in [1.54, 1.807) is 26.8 Å². The van der Waals surface area contributed by atoms with E-state index in [0.717, 1.165) is 11.3 Å². The van der Waals surface area contributed by atoms with Crippen LogP contribution in [0.5, 0.6) is 0 Å². The number of nitriles is 1. The highest BCUT2D eigenvalue weighted by molar-refractivity contribution is 7.93. The molecule has 9 heteroatoms. The Morgan fingerprint density at radius 1 is 1.33 bits per heavy atom. The van der Waals surface area contributed by atoms with Crippen LogP contribution in [0.25, 0.3) is 0 Å². The summed E-state index contributed by atoms with van der Waals surface area (Å²) in [5.74, 6) is -1.11. The number of thiophene rings is 1. The summed E-state index contributed by atoms with van der Waals surface area (Å²) in [5, 5.41) is 10.6. The SMILES string of the molecule is CC(C)(C)[S+]([O-])N[C@@](C)(CS(=O)(=O)C(C)(C)C#N)c1sccc1F. The van der Waals surface area contributed by atoms with Gasteiger partial charge in [-0.1, -0.05) is 0 Å². The van der Waals surface area contributed by atoms with E-state index in [1.807, 2.05) is 0 Å². The molecule has 1 unspecified atom stereocenters. The maximum atomic E-state index is 14.2. The molecule has 0 aliphatic heterocycles. The van der Waals surface area contributed by atoms with Gasteiger partial charge >= 0.3 is 0 Å². The number of hydrogen-bond donors (Lipinski definition) is 1. The van der Waals surface area contributed by atoms with Crippen molar-refractivity contribution in [2.45, 2.75) is 56.6 Å². The Balaban J connectivity index is 3.37. The van der Waals surface area contributed by atoms with Crippen molar-refractivity contribution in [3.63, 3.8) is 0 Å². The fraction of sp³-hybridized carbons (Fsp3) is 0.667. The Labute approximate surface area is 150 Å². The van der Waals surface area contributed by atoms with Gasteiger partial charge in [0, 0.05) is 11.4 Å². The van der Waals surface area contributed by atoms with Crippen molar-refractivity contribution >= 4 is 32.5 Å². The first-order valence-corrected chi connectivity index (χ1v) is 10.9. The van der Waals surface area contributed by atoms with Crippen LogP contribution in [-0.2, 0) is 26.7 Å². The Morgan fingerprint density at radius 2 is 1.88 bits per heavy atom. The van der Waals surface area contributed by atoms with Crippen molar-refractivity contribution in [2.24, 2.45) is 0 Å². The Kier molecular flexibility index (Phi) is 6.17. The molecule has 0 radical (unpaired) electrons. The average molecular weight is 395 g/mol. The van der Waals surface area contributed by atoms with Gasteiger partial charge in [-0.05, 0) is 53.0 Å². The van der Waals surface area contributed by atoms with Crippen LogP contribution in [0.2, 0.25) is 0 Å². The topological polar surface area (TPSA) is 93.0 Å². The van der Waals surface area contributed by atoms with Crippen LogP contribution in [0.1, 0.15) is 46.4 Å². The molecule has 0 spiro atoms. The molecule has 0 saturated carbocycles. The predicted molar refractivity (Wildman–Crippen MR) is 96.1 cm³/mol. The van der Waals surface area contributed by atoms with Crippen LogP contribution in [0, 0.1) is 17.1 Å². The Bertz CT molecular complexity index is 732. The zero-order valence-corrected chi connectivity index (χ0v) is 17.1. The highest BCUT2D eigenvalue weighted by Gasteiger charge is 2.47. The molecule has 0 saturated heterocycles. The van der Waals surface area contributed by atoms with Crippen molar-refractivity contribution in [3.8, 4) is 6.07 Å². The molecule has 1 N–H and O–H groups in total. The molecule has 136 valence electrons. The van der Waals surface area contributed by atoms with Crippen molar-refractivity contribution < 1.29 is 17.4 Å². The molecule has 2 atom stereocenters. The minimum atomic E-state index is -3.92. The molecule has 1 aromatic heterocycles. The summed E-state index contributed by atoms with van der Waals surface area (Å²) in [6, 6.07) is 3.00. The zero-order chi connectivity index (χ0) is 19.0. The molecule has 0 aliphatic rings. The van der Waals surface area contributed by atoms with E-state index in [2.05, 4.69) is 4.72 Å². The highest BCUT2D eigenvalue weighted by atomic mass is 32.2. The molecule has 1 rings (SSSR count). The summed E-state index contributed by atoms with van der Waals surface area (Å²) in [6.07, 6.45) is 0. The predicted octanol–water partition coefficient (Wildman–Crippen LogP) is 2.87. The van der Waals surface area contributed by atoms with E-state index < -0.39 is 47.8 Å². The fourth-order valence-electron chi connectivity index (χ4n) is 1.82. The molecule has 0 amide bonds. The standard InChI is InChI=1S/C15H23FN2O3S3/c1-13(2,3)23(19)18-15(6,12-11(16)7-8-22-12)10-24(20,21)14(4,5)9-17/h7-8,18H,10H2,1-6H3/t15-,23?/m0/s1. The summed E-state index contributed by atoms with van der Waals surface area (Å²) in [4.78, 5) is 0.150. The molecule has 1 heterocycles. The average Bonchev–Trinajstić information content (AvgIpc) is 2.83. The van der Waals surface area contributed by atoms with Crippen molar-refractivity contribution in [1.29, 1.82) is 5.26 Å². The molecular weight excluding hydrogens is 371 g/mol. The fourth-order valence-corrected chi connectivity index (χ4v) is 5.32. The lowest BCUT2D eigenvalue weighted by Gasteiger charge is -2.35. The third-order valence-electron chi connectivity index (χ3n) is 3.52. The summed E-state index contributed by atoms with van der Waals surface area (Å²) in [6.45, 7) is 9.29. The van der Waals surface area contributed by atoms with Crippen LogP contribution in [0.3, 0.4) is 0 Å². The molecule has 0 fully saturated rings. The van der Waals surface area contributed by atoms with Gasteiger partial charge in [-0.3, -0.25) is 0 Å². The van der Waals surface area contributed by atoms with Crippen LogP contribution >= 0.6 is 11.3 Å². The van der Waals surface area contributed by atoms with Gasteiger partial charge in [0.25, 0.3) is 0 Å². The van der Waals surface area contributed by atoms with E-state index in [0.29, 0.717) is 0 Å². The quantitative estimate of drug-likeness (QED) is 0.749. The number of sulfone groups is 1. The van der Waals surface area contributed by atoms with Gasteiger partial charge in [0.15, 0.2) is 14.6 Å². The minimum Gasteiger partial charge on any atom is -0.598 e. The second-order valence-electron chi connectivity index (χ2n) is 7.29. The highest BCUT2D eigenvalue weighted by Crippen LogP contribution is 2.34. The second-order valence-corrected chi connectivity index (χ2v) is 12.7. The number of rotatable bonds is 6. The summed E-state index contributed by atoms with van der Waals surface area (Å²) < 4.78 is 52.5. The smallest absolute Gasteiger partial charge is 0.171 e. The maximum Gasteiger partial charge on any atom is 0.171 e. The van der Waals surface area contributed by atoms with Gasteiger partial charge in [0.1, 0.15) is 16.1 Å². The van der Waals surface area contributed by atoms with Gasteiger partial charge in [-0.25, -0.2) is 12.8 Å². The minimum absolute atomic E-state index is 0.150. The third kappa shape index (κ3) is 4.49. The van der Waals surface area contributed by atoms with Crippen LogP contribution in [-0.4, -0.2) is 28.2 Å². The summed E-state index contributed by atoms with van der Waals surface area (Å²) in [5.41, 5.74) is -1.41. The number of nitrogens with zero attached hydrogens (tertiary/aromatic N) is 1. The first-order valence-electron chi connectivity index (χ1n) is 7.23. The Hall–Kier alpha value is -0.660. The van der Waals surface area contributed by atoms with E-state index in [-0.39, 0.29) is 4.88 Å². The lowest BCUT2D eigenvalue weighted by Crippen LogP contribution is -2.54. The maximum absolute atomic E-state index is 14.2. The number of hydrogen-bond acceptors (Lipinski definition) is 6. The van der Waals surface area contributed by atoms with Gasteiger partial charge in [-0.2, -0.15) is 5.26 Å². The lowest BCUT2D eigenvalue weighted by molar-refractivity contribution is 0.440. The summed E-state index contributed by atoms with van der Waals surface area (Å²) in [7, 11) is -3.92. The van der Waals surface area contributed by atoms with Gasteiger partial charge in [-0.15, -0.1) is 16.1 Å². The summed E-state index contributed by atoms with van der Waals surface area (Å²) >= 11 is -0.572. The largest absolute Gasteiger partial charge is 0.598 e. The van der Waals surface area contributed by atoms with Crippen molar-refractivity contribution in [2.75, 3.05) is 5.75 Å². The molecule has 0 bridgehead atoms. The van der Waals surface area contributed by atoms with E-state index in [1.165, 1.54) is 32.2 Å². The van der Waals surface area contributed by atoms with Crippen LogP contribution in [0.15, 0.2) is 11.4 Å². The van der Waals surface area contributed by atoms with E-state index >= 15 is 0 Å². The van der Waals surface area contributed by atoms with Gasteiger partial charge in [0.05, 0.1) is 16.7 Å². The normalized spacial score (nSPS) is 17.1. The van der Waals surface area contributed by atoms with Crippen molar-refractivity contribution in [1.82, 2.24) is 4.72 Å². The van der Waals surface area contributed by atoms with Gasteiger partial charge in [0.2, 0.25) is 0 Å². The monoisotopic (exact) mass is 394 g/mol. The number of nitrogens with one attached hydrogen (secondary N) is 1. The zero-order valence-electron chi connectivity index (χ0n) is 14.6. The molecule has 0 aromatic carbocycles. The van der Waals surface area contributed by atoms with E-state index in [9.17, 15) is 17.4 Å². The first kappa shape index (κ1) is 21.4. The molecule has 5 nitrogen and oxygen atoms in total. The molecule has 24 heavy (non-hydrogen) atoms. The van der Waals surface area contributed by atoms with Crippen LogP contribution in [0.4, 0.5) is 4.39 Å². The Morgan fingerprint density at radius 3 is 2.25 bits per heavy atom. The van der Waals surface area contributed by atoms with Crippen molar-refractivity contribution in [3.05, 3.63) is 22.1 Å². The third-order valence-corrected chi connectivity index (χ3v) is 9.02. The second kappa shape index (κ2) is 6.92. The molecule has 1 aromatic rings.